The van der Waals surface area contributed by atoms with E-state index in [1.165, 1.54) is 33.6 Å². The number of ketones is 1. The van der Waals surface area contributed by atoms with Crippen LogP contribution in [0.3, 0.4) is 0 Å². The molecule has 0 bridgehead atoms. The molecule has 0 aliphatic carbocycles. The van der Waals surface area contributed by atoms with Gasteiger partial charge in [0.15, 0.2) is 17.3 Å². The molecule has 2 aromatic rings. The summed E-state index contributed by atoms with van der Waals surface area (Å²) in [6, 6.07) is 9.69. The average molecular weight is 329 g/mol. The molecule has 6 nitrogen and oxygen atoms in total. The van der Waals surface area contributed by atoms with Gasteiger partial charge in [-0.1, -0.05) is 0 Å². The number of aromatic hydroxyl groups is 1. The van der Waals surface area contributed by atoms with Crippen LogP contribution in [0.2, 0.25) is 0 Å². The van der Waals surface area contributed by atoms with E-state index in [4.69, 9.17) is 14.2 Å². The van der Waals surface area contributed by atoms with Crippen molar-refractivity contribution in [2.24, 2.45) is 0 Å². The van der Waals surface area contributed by atoms with Gasteiger partial charge in [-0.3, -0.25) is 4.79 Å². The van der Waals surface area contributed by atoms with Crippen molar-refractivity contribution in [1.82, 2.24) is 0 Å². The predicted octanol–water partition coefficient (Wildman–Crippen LogP) is 3.23. The number of phenols is 1. The van der Waals surface area contributed by atoms with Gasteiger partial charge in [-0.15, -0.1) is 0 Å². The third-order valence-corrected chi connectivity index (χ3v) is 3.30. The standard InChI is InChI=1S/C18H19NO5/c1-22-16-10-12(11-17(23-2)18(16)24-3)15(21)8-9-19-13-4-6-14(20)7-5-13/h4-11,19-20H,1-3H3/b9-8+. The summed E-state index contributed by atoms with van der Waals surface area (Å²) in [4.78, 5) is 12.3. The maximum atomic E-state index is 12.3. The molecule has 6 heteroatoms. The quantitative estimate of drug-likeness (QED) is 0.461. The number of hydrogen-bond acceptors (Lipinski definition) is 6. The highest BCUT2D eigenvalue weighted by atomic mass is 16.5. The van der Waals surface area contributed by atoms with Crippen molar-refractivity contribution in [3.8, 4) is 23.0 Å². The lowest BCUT2D eigenvalue weighted by molar-refractivity contribution is 0.104. The van der Waals surface area contributed by atoms with Crippen LogP contribution < -0.4 is 19.5 Å². The van der Waals surface area contributed by atoms with Gasteiger partial charge >= 0.3 is 0 Å². The van der Waals surface area contributed by atoms with Crippen LogP contribution in [0.5, 0.6) is 23.0 Å². The van der Waals surface area contributed by atoms with Crippen molar-refractivity contribution in [2.75, 3.05) is 26.6 Å². The third-order valence-electron chi connectivity index (χ3n) is 3.30. The molecule has 0 heterocycles. The Morgan fingerprint density at radius 2 is 1.58 bits per heavy atom. The average Bonchev–Trinajstić information content (AvgIpc) is 2.61. The Kier molecular flexibility index (Phi) is 5.68. The van der Waals surface area contributed by atoms with Crippen LogP contribution in [0.25, 0.3) is 0 Å². The highest BCUT2D eigenvalue weighted by molar-refractivity contribution is 6.05. The van der Waals surface area contributed by atoms with Gasteiger partial charge < -0.3 is 24.6 Å². The summed E-state index contributed by atoms with van der Waals surface area (Å²) in [5.74, 6) is 1.22. The minimum Gasteiger partial charge on any atom is -0.508 e. The largest absolute Gasteiger partial charge is 0.508 e. The molecule has 2 N–H and O–H groups in total. The summed E-state index contributed by atoms with van der Waals surface area (Å²) in [6.45, 7) is 0. The molecular formula is C18H19NO5. The molecule has 24 heavy (non-hydrogen) atoms. The molecule has 0 radical (unpaired) electrons. The Labute approximate surface area is 140 Å². The number of rotatable bonds is 7. The number of anilines is 1. The molecule has 0 unspecified atom stereocenters. The molecule has 0 spiro atoms. The molecule has 0 saturated carbocycles. The van der Waals surface area contributed by atoms with Crippen molar-refractivity contribution < 1.29 is 24.1 Å². The first-order chi connectivity index (χ1) is 11.6. The van der Waals surface area contributed by atoms with Gasteiger partial charge in [0.25, 0.3) is 0 Å². The van der Waals surface area contributed by atoms with Gasteiger partial charge in [0.2, 0.25) is 5.75 Å². The minimum atomic E-state index is -0.222. The van der Waals surface area contributed by atoms with Crippen LogP contribution in [0.4, 0.5) is 5.69 Å². The Hall–Kier alpha value is -3.15. The van der Waals surface area contributed by atoms with Gasteiger partial charge in [-0.25, -0.2) is 0 Å². The van der Waals surface area contributed by atoms with E-state index in [0.29, 0.717) is 22.8 Å². The van der Waals surface area contributed by atoms with E-state index in [9.17, 15) is 9.90 Å². The van der Waals surface area contributed by atoms with Crippen molar-refractivity contribution >= 4 is 11.5 Å². The third kappa shape index (κ3) is 3.98. The first-order valence-corrected chi connectivity index (χ1v) is 7.15. The SMILES string of the molecule is COc1cc(C(=O)/C=C/Nc2ccc(O)cc2)cc(OC)c1OC. The molecule has 0 saturated heterocycles. The maximum absolute atomic E-state index is 12.3. The van der Waals surface area contributed by atoms with Gasteiger partial charge in [0, 0.05) is 23.5 Å². The number of methoxy groups -OCH3 is 3. The summed E-state index contributed by atoms with van der Waals surface area (Å²) in [7, 11) is 4.49. The smallest absolute Gasteiger partial charge is 0.203 e. The van der Waals surface area contributed by atoms with E-state index in [1.807, 2.05) is 0 Å². The van der Waals surface area contributed by atoms with Gasteiger partial charge in [-0.05, 0) is 36.4 Å². The summed E-state index contributed by atoms with van der Waals surface area (Å²) in [5, 5.41) is 12.2. The number of ether oxygens (including phenoxy) is 3. The Morgan fingerprint density at radius 3 is 2.08 bits per heavy atom. The second kappa shape index (κ2) is 7.92. The van der Waals surface area contributed by atoms with Gasteiger partial charge in [0.05, 0.1) is 21.3 Å². The molecule has 0 aliphatic rings. The minimum absolute atomic E-state index is 0.179. The first-order valence-electron chi connectivity index (χ1n) is 7.15. The Balaban J connectivity index is 2.16. The number of hydrogen-bond donors (Lipinski definition) is 2. The van der Waals surface area contributed by atoms with E-state index < -0.39 is 0 Å². The molecule has 0 aliphatic heterocycles. The van der Waals surface area contributed by atoms with Gasteiger partial charge in [-0.2, -0.15) is 0 Å². The van der Waals surface area contributed by atoms with Crippen LogP contribution in [-0.4, -0.2) is 32.2 Å². The predicted molar refractivity (Wildman–Crippen MR) is 91.3 cm³/mol. The number of carbonyl (C=O) groups excluding carboxylic acids is 1. The molecule has 0 fully saturated rings. The second-order valence-corrected chi connectivity index (χ2v) is 4.80. The summed E-state index contributed by atoms with van der Waals surface area (Å²) < 4.78 is 15.7. The maximum Gasteiger partial charge on any atom is 0.203 e. The van der Waals surface area contributed by atoms with Crippen LogP contribution >= 0.6 is 0 Å². The van der Waals surface area contributed by atoms with Gasteiger partial charge in [0.1, 0.15) is 5.75 Å². The van der Waals surface area contributed by atoms with Crippen LogP contribution in [0.1, 0.15) is 10.4 Å². The monoisotopic (exact) mass is 329 g/mol. The van der Waals surface area contributed by atoms with Crippen molar-refractivity contribution in [3.63, 3.8) is 0 Å². The van der Waals surface area contributed by atoms with E-state index in [0.717, 1.165) is 5.69 Å². The highest BCUT2D eigenvalue weighted by Crippen LogP contribution is 2.38. The summed E-state index contributed by atoms with van der Waals surface area (Å²) in [6.07, 6.45) is 2.92. The van der Waals surface area contributed by atoms with Crippen molar-refractivity contribution in [3.05, 3.63) is 54.2 Å². The summed E-state index contributed by atoms with van der Waals surface area (Å²) in [5.41, 5.74) is 1.16. The van der Waals surface area contributed by atoms with Crippen molar-refractivity contribution in [1.29, 1.82) is 0 Å². The van der Waals surface area contributed by atoms with E-state index in [2.05, 4.69) is 5.32 Å². The zero-order valence-electron chi connectivity index (χ0n) is 13.7. The lowest BCUT2D eigenvalue weighted by atomic mass is 10.1. The van der Waals surface area contributed by atoms with E-state index >= 15 is 0 Å². The number of phenolic OH excluding ortho intramolecular Hbond substituents is 1. The fourth-order valence-electron chi connectivity index (χ4n) is 2.09. The zero-order valence-corrected chi connectivity index (χ0v) is 13.7. The number of allylic oxidation sites excluding steroid dienone is 1. The number of carbonyl (C=O) groups is 1. The van der Waals surface area contributed by atoms with Crippen LogP contribution in [0, 0.1) is 0 Å². The molecule has 0 atom stereocenters. The fraction of sp³-hybridized carbons (Fsp3) is 0.167. The van der Waals surface area contributed by atoms with Crippen LogP contribution in [-0.2, 0) is 0 Å². The zero-order chi connectivity index (χ0) is 17.5. The first kappa shape index (κ1) is 17.2. The molecule has 0 amide bonds. The number of benzene rings is 2. The van der Waals surface area contributed by atoms with E-state index in [-0.39, 0.29) is 11.5 Å². The molecule has 2 aromatic carbocycles. The van der Waals surface area contributed by atoms with E-state index in [1.54, 1.807) is 36.4 Å². The van der Waals surface area contributed by atoms with Crippen molar-refractivity contribution in [2.45, 2.75) is 0 Å². The molecular weight excluding hydrogens is 310 g/mol. The normalized spacial score (nSPS) is 10.5. The molecule has 2 rings (SSSR count). The Bertz CT molecular complexity index is 713. The lowest BCUT2D eigenvalue weighted by Crippen LogP contribution is -2.01. The molecule has 126 valence electrons. The topological polar surface area (TPSA) is 77.0 Å². The fourth-order valence-corrected chi connectivity index (χ4v) is 2.09. The van der Waals surface area contributed by atoms with Crippen LogP contribution in [0.15, 0.2) is 48.7 Å². The number of nitrogens with one attached hydrogen (secondary N) is 1. The molecule has 0 aromatic heterocycles. The lowest BCUT2D eigenvalue weighted by Gasteiger charge is -2.13. The summed E-state index contributed by atoms with van der Waals surface area (Å²) >= 11 is 0. The Morgan fingerprint density at radius 1 is 1.00 bits per heavy atom. The highest BCUT2D eigenvalue weighted by Gasteiger charge is 2.15. The second-order valence-electron chi connectivity index (χ2n) is 4.80.